The first-order chi connectivity index (χ1) is 9.69. The van der Waals surface area contributed by atoms with E-state index in [2.05, 4.69) is 5.32 Å². The molecule has 2 rings (SSSR count). The van der Waals surface area contributed by atoms with Crippen molar-refractivity contribution in [3.8, 4) is 11.5 Å². The van der Waals surface area contributed by atoms with Crippen LogP contribution in [0.3, 0.4) is 0 Å². The molecule has 1 aromatic rings. The molecule has 0 aliphatic carbocycles. The maximum absolute atomic E-state index is 9.66. The minimum atomic E-state index is -0.209. The zero-order chi connectivity index (χ0) is 14.4. The number of hydrogen-bond donors (Lipinski definition) is 2. The molecule has 0 spiro atoms. The summed E-state index contributed by atoms with van der Waals surface area (Å²) >= 11 is 0. The summed E-state index contributed by atoms with van der Waals surface area (Å²) in [6, 6.07) is 5.40. The zero-order valence-corrected chi connectivity index (χ0v) is 12.1. The van der Waals surface area contributed by atoms with E-state index in [0.717, 1.165) is 25.1 Å². The van der Waals surface area contributed by atoms with Crippen molar-refractivity contribution in [2.45, 2.75) is 25.5 Å². The molecule has 0 radical (unpaired) electrons. The molecule has 5 heteroatoms. The Hall–Kier alpha value is -1.30. The minimum absolute atomic E-state index is 0.174. The molecule has 1 aromatic carbocycles. The maximum atomic E-state index is 9.66. The highest BCUT2D eigenvalue weighted by molar-refractivity contribution is 5.41. The number of rotatable bonds is 7. The van der Waals surface area contributed by atoms with E-state index < -0.39 is 0 Å². The topological polar surface area (TPSA) is 60.0 Å². The summed E-state index contributed by atoms with van der Waals surface area (Å²) in [6.07, 6.45) is 0.913. The molecule has 112 valence electrons. The lowest BCUT2D eigenvalue weighted by Gasteiger charge is -2.26. The Morgan fingerprint density at radius 2 is 2.30 bits per heavy atom. The normalized spacial score (nSPS) is 22.1. The number of ether oxygens (including phenoxy) is 3. The van der Waals surface area contributed by atoms with E-state index in [1.165, 1.54) is 0 Å². The van der Waals surface area contributed by atoms with Gasteiger partial charge < -0.3 is 24.6 Å². The third-order valence-electron chi connectivity index (χ3n) is 3.60. The van der Waals surface area contributed by atoms with Crippen molar-refractivity contribution in [1.29, 1.82) is 0 Å². The number of hydrogen-bond acceptors (Lipinski definition) is 5. The van der Waals surface area contributed by atoms with Crippen LogP contribution in [-0.4, -0.2) is 44.2 Å². The average molecular weight is 281 g/mol. The summed E-state index contributed by atoms with van der Waals surface area (Å²) in [5.74, 6) is 0.700. The monoisotopic (exact) mass is 281 g/mol. The van der Waals surface area contributed by atoms with Gasteiger partial charge in [0.15, 0.2) is 11.5 Å². The first-order valence-electron chi connectivity index (χ1n) is 6.97. The minimum Gasteiger partial charge on any atom is -0.504 e. The van der Waals surface area contributed by atoms with Crippen LogP contribution in [0.15, 0.2) is 18.2 Å². The van der Waals surface area contributed by atoms with E-state index in [1.807, 2.05) is 19.1 Å². The first-order valence-corrected chi connectivity index (χ1v) is 6.97. The average Bonchev–Trinajstić information content (AvgIpc) is 2.92. The fourth-order valence-electron chi connectivity index (χ4n) is 2.34. The first kappa shape index (κ1) is 15.1. The van der Waals surface area contributed by atoms with Crippen LogP contribution in [0, 0.1) is 0 Å². The van der Waals surface area contributed by atoms with Crippen LogP contribution >= 0.6 is 0 Å². The summed E-state index contributed by atoms with van der Waals surface area (Å²) in [5, 5.41) is 13.0. The van der Waals surface area contributed by atoms with Gasteiger partial charge in [0, 0.05) is 33.2 Å². The Kier molecular flexibility index (Phi) is 5.23. The highest BCUT2D eigenvalue weighted by Gasteiger charge is 2.34. The molecule has 1 heterocycles. The Morgan fingerprint density at radius 1 is 1.45 bits per heavy atom. The highest BCUT2D eigenvalue weighted by atomic mass is 16.5. The van der Waals surface area contributed by atoms with E-state index in [1.54, 1.807) is 13.2 Å². The smallest absolute Gasteiger partial charge is 0.161 e. The van der Waals surface area contributed by atoms with Gasteiger partial charge in [-0.05, 0) is 24.6 Å². The van der Waals surface area contributed by atoms with Crippen molar-refractivity contribution >= 4 is 0 Å². The number of aromatic hydroxyl groups is 1. The van der Waals surface area contributed by atoms with Crippen molar-refractivity contribution < 1.29 is 19.3 Å². The number of nitrogens with one attached hydrogen (secondary N) is 1. The van der Waals surface area contributed by atoms with E-state index in [9.17, 15) is 5.11 Å². The van der Waals surface area contributed by atoms with Crippen LogP contribution < -0.4 is 10.1 Å². The fourth-order valence-corrected chi connectivity index (χ4v) is 2.34. The Morgan fingerprint density at radius 3 is 2.95 bits per heavy atom. The molecule has 5 nitrogen and oxygen atoms in total. The quantitative estimate of drug-likeness (QED) is 0.796. The van der Waals surface area contributed by atoms with Gasteiger partial charge in [0.2, 0.25) is 0 Å². The Labute approximate surface area is 119 Å². The Bertz CT molecular complexity index is 430. The summed E-state index contributed by atoms with van der Waals surface area (Å²) in [4.78, 5) is 0. The summed E-state index contributed by atoms with van der Waals surface area (Å²) < 4.78 is 16.3. The number of benzene rings is 1. The van der Waals surface area contributed by atoms with Gasteiger partial charge in [-0.25, -0.2) is 0 Å². The standard InChI is InChI=1S/C15H23NO4/c1-3-20-14-8-12(4-5-13(14)17)9-16-10-15(18-2)6-7-19-11-15/h4-5,8,16-17H,3,6-7,9-11H2,1-2H3. The summed E-state index contributed by atoms with van der Waals surface area (Å²) in [6.45, 7) is 5.26. The van der Waals surface area contributed by atoms with Crippen LogP contribution in [0.4, 0.5) is 0 Å². The molecule has 1 unspecified atom stereocenters. The lowest BCUT2D eigenvalue weighted by Crippen LogP contribution is -2.42. The third kappa shape index (κ3) is 3.62. The number of phenolic OH excluding ortho intramolecular Hbond substituents is 1. The van der Waals surface area contributed by atoms with Gasteiger partial charge in [-0.15, -0.1) is 0 Å². The van der Waals surface area contributed by atoms with Crippen molar-refractivity contribution in [2.75, 3.05) is 33.5 Å². The molecule has 0 bridgehead atoms. The second kappa shape index (κ2) is 6.92. The molecule has 1 fully saturated rings. The van der Waals surface area contributed by atoms with Crippen LogP contribution in [0.25, 0.3) is 0 Å². The molecular formula is C15H23NO4. The SMILES string of the molecule is CCOc1cc(CNCC2(OC)CCOC2)ccc1O. The van der Waals surface area contributed by atoms with Crippen molar-refractivity contribution in [1.82, 2.24) is 5.32 Å². The molecule has 0 saturated carbocycles. The van der Waals surface area contributed by atoms with E-state index in [4.69, 9.17) is 14.2 Å². The van der Waals surface area contributed by atoms with Crippen molar-refractivity contribution in [2.24, 2.45) is 0 Å². The summed E-state index contributed by atoms with van der Waals surface area (Å²) in [5.41, 5.74) is 0.857. The molecule has 1 aliphatic heterocycles. The largest absolute Gasteiger partial charge is 0.504 e. The van der Waals surface area contributed by atoms with E-state index in [-0.39, 0.29) is 11.4 Å². The number of methoxy groups -OCH3 is 1. The predicted molar refractivity (Wildman–Crippen MR) is 76.2 cm³/mol. The van der Waals surface area contributed by atoms with Crippen LogP contribution in [0.5, 0.6) is 11.5 Å². The second-order valence-corrected chi connectivity index (χ2v) is 5.03. The number of phenols is 1. The van der Waals surface area contributed by atoms with E-state index >= 15 is 0 Å². The van der Waals surface area contributed by atoms with Gasteiger partial charge in [0.1, 0.15) is 5.60 Å². The van der Waals surface area contributed by atoms with Gasteiger partial charge in [-0.1, -0.05) is 6.07 Å². The lowest BCUT2D eigenvalue weighted by atomic mass is 10.0. The van der Waals surface area contributed by atoms with Gasteiger partial charge in [-0.3, -0.25) is 0 Å². The Balaban J connectivity index is 1.89. The van der Waals surface area contributed by atoms with Gasteiger partial charge in [-0.2, -0.15) is 0 Å². The summed E-state index contributed by atoms with van der Waals surface area (Å²) in [7, 11) is 1.73. The van der Waals surface area contributed by atoms with Crippen molar-refractivity contribution in [3.63, 3.8) is 0 Å². The molecule has 1 saturated heterocycles. The van der Waals surface area contributed by atoms with Gasteiger partial charge >= 0.3 is 0 Å². The van der Waals surface area contributed by atoms with Gasteiger partial charge in [0.05, 0.1) is 13.2 Å². The lowest BCUT2D eigenvalue weighted by molar-refractivity contribution is -0.0159. The molecular weight excluding hydrogens is 258 g/mol. The zero-order valence-electron chi connectivity index (χ0n) is 12.1. The predicted octanol–water partition coefficient (Wildman–Crippen LogP) is 1.69. The molecule has 1 aliphatic rings. The van der Waals surface area contributed by atoms with Crippen LogP contribution in [0.2, 0.25) is 0 Å². The molecule has 2 N–H and O–H groups in total. The van der Waals surface area contributed by atoms with Crippen LogP contribution in [-0.2, 0) is 16.0 Å². The second-order valence-electron chi connectivity index (χ2n) is 5.03. The van der Waals surface area contributed by atoms with Gasteiger partial charge in [0.25, 0.3) is 0 Å². The molecule has 0 aromatic heterocycles. The van der Waals surface area contributed by atoms with Crippen LogP contribution in [0.1, 0.15) is 18.9 Å². The molecule has 0 amide bonds. The molecule has 20 heavy (non-hydrogen) atoms. The van der Waals surface area contributed by atoms with Crippen molar-refractivity contribution in [3.05, 3.63) is 23.8 Å². The maximum Gasteiger partial charge on any atom is 0.161 e. The fraction of sp³-hybridized carbons (Fsp3) is 0.600. The molecule has 1 atom stereocenters. The van der Waals surface area contributed by atoms with E-state index in [0.29, 0.717) is 25.5 Å². The third-order valence-corrected chi connectivity index (χ3v) is 3.60. The highest BCUT2D eigenvalue weighted by Crippen LogP contribution is 2.27.